The Labute approximate surface area is 195 Å². The first-order valence-electron chi connectivity index (χ1n) is 10.9. The van der Waals surface area contributed by atoms with Gasteiger partial charge in [0, 0.05) is 17.5 Å². The van der Waals surface area contributed by atoms with Gasteiger partial charge in [-0.25, -0.2) is 14.6 Å². The number of esters is 1. The van der Waals surface area contributed by atoms with E-state index >= 15 is 0 Å². The lowest BCUT2D eigenvalue weighted by molar-refractivity contribution is -0.139. The van der Waals surface area contributed by atoms with E-state index in [1.165, 1.54) is 18.0 Å². The van der Waals surface area contributed by atoms with Gasteiger partial charge in [-0.1, -0.05) is 42.1 Å². The zero-order chi connectivity index (χ0) is 22.8. The maximum absolute atomic E-state index is 12.9. The topological polar surface area (TPSA) is 98.4 Å². The van der Waals surface area contributed by atoms with Crippen LogP contribution >= 0.6 is 11.8 Å². The molecule has 0 radical (unpaired) electrons. The molecule has 1 aromatic carbocycles. The Bertz CT molecular complexity index is 1180. The summed E-state index contributed by atoms with van der Waals surface area (Å²) in [6.45, 7) is 1.98. The molecule has 3 aromatic rings. The highest BCUT2D eigenvalue weighted by Crippen LogP contribution is 2.42. The summed E-state index contributed by atoms with van der Waals surface area (Å²) < 4.78 is 13.1. The van der Waals surface area contributed by atoms with E-state index in [1.807, 2.05) is 24.4 Å². The molecule has 2 aromatic heterocycles. The predicted molar refractivity (Wildman–Crippen MR) is 123 cm³/mol. The van der Waals surface area contributed by atoms with E-state index in [-0.39, 0.29) is 6.61 Å². The third kappa shape index (κ3) is 4.41. The van der Waals surface area contributed by atoms with Gasteiger partial charge < -0.3 is 24.4 Å². The second-order valence-corrected chi connectivity index (χ2v) is 8.78. The van der Waals surface area contributed by atoms with Crippen LogP contribution in [-0.4, -0.2) is 33.9 Å². The van der Waals surface area contributed by atoms with Crippen molar-refractivity contribution in [1.29, 1.82) is 0 Å². The molecule has 2 amide bonds. The molecule has 0 saturated heterocycles. The second kappa shape index (κ2) is 9.19. The van der Waals surface area contributed by atoms with Gasteiger partial charge in [0.2, 0.25) is 0 Å². The fraction of sp³-hybridized carbons (Fsp3) is 0.292. The van der Waals surface area contributed by atoms with E-state index in [2.05, 4.69) is 32.3 Å². The third-order valence-electron chi connectivity index (χ3n) is 5.57. The second-order valence-electron chi connectivity index (χ2n) is 7.84. The first-order valence-corrected chi connectivity index (χ1v) is 11.9. The van der Waals surface area contributed by atoms with Crippen LogP contribution in [0.15, 0.2) is 75.8 Å². The summed E-state index contributed by atoms with van der Waals surface area (Å²) in [5.41, 5.74) is 3.02. The monoisotopic (exact) mass is 464 g/mol. The molecule has 0 bridgehead atoms. The lowest BCUT2D eigenvalue weighted by Gasteiger charge is -2.27. The van der Waals surface area contributed by atoms with Crippen molar-refractivity contribution in [2.45, 2.75) is 37.0 Å². The van der Waals surface area contributed by atoms with Gasteiger partial charge in [-0.3, -0.25) is 0 Å². The van der Waals surface area contributed by atoms with Gasteiger partial charge in [0.1, 0.15) is 11.8 Å². The van der Waals surface area contributed by atoms with Crippen LogP contribution in [0.5, 0.6) is 0 Å². The number of imidazole rings is 1. The van der Waals surface area contributed by atoms with Crippen molar-refractivity contribution in [3.8, 4) is 11.3 Å². The van der Waals surface area contributed by atoms with Crippen LogP contribution in [0.2, 0.25) is 0 Å². The number of carbonyl (C=O) groups excluding carboxylic acids is 2. The maximum Gasteiger partial charge on any atom is 0.338 e. The van der Waals surface area contributed by atoms with Crippen molar-refractivity contribution in [1.82, 2.24) is 20.2 Å². The van der Waals surface area contributed by atoms with Crippen LogP contribution in [0.3, 0.4) is 0 Å². The Balaban J connectivity index is 1.47. The number of hydrogen-bond acceptors (Lipinski definition) is 6. The van der Waals surface area contributed by atoms with Gasteiger partial charge in [0.15, 0.2) is 5.16 Å². The Morgan fingerprint density at radius 3 is 2.76 bits per heavy atom. The molecule has 1 saturated carbocycles. The number of urea groups is 1. The largest absolute Gasteiger partial charge is 0.467 e. The molecule has 5 rings (SSSR count). The van der Waals surface area contributed by atoms with Crippen molar-refractivity contribution >= 4 is 23.8 Å². The number of aromatic nitrogens is 2. The van der Waals surface area contributed by atoms with Gasteiger partial charge in [0.05, 0.1) is 30.3 Å². The van der Waals surface area contributed by atoms with Crippen molar-refractivity contribution in [2.75, 3.05) is 12.4 Å². The fourth-order valence-corrected chi connectivity index (χ4v) is 4.96. The van der Waals surface area contributed by atoms with E-state index in [9.17, 15) is 9.59 Å². The van der Waals surface area contributed by atoms with Crippen LogP contribution in [0.1, 0.15) is 37.6 Å². The Morgan fingerprint density at radius 2 is 2.06 bits per heavy atom. The van der Waals surface area contributed by atoms with Gasteiger partial charge in [0.25, 0.3) is 0 Å². The number of nitrogens with one attached hydrogen (secondary N) is 2. The first kappa shape index (κ1) is 21.4. The summed E-state index contributed by atoms with van der Waals surface area (Å²) in [6.07, 6.45) is 5.63. The van der Waals surface area contributed by atoms with Crippen molar-refractivity contribution in [3.63, 3.8) is 0 Å². The number of hydrogen-bond donors (Lipinski definition) is 2. The number of furan rings is 1. The minimum atomic E-state index is -0.716. The predicted octanol–water partition coefficient (Wildman–Crippen LogP) is 4.44. The molecule has 170 valence electrons. The molecule has 2 N–H and O–H groups in total. The van der Waals surface area contributed by atoms with Gasteiger partial charge >= 0.3 is 12.0 Å². The summed E-state index contributed by atoms with van der Waals surface area (Å²) in [5.74, 6) is 0.343. The number of ether oxygens (including phenoxy) is 1. The summed E-state index contributed by atoms with van der Waals surface area (Å²) >= 11 is 1.49. The first-order chi connectivity index (χ1) is 16.2. The van der Waals surface area contributed by atoms with E-state index < -0.39 is 18.0 Å². The smallest absolute Gasteiger partial charge is 0.338 e. The van der Waals surface area contributed by atoms with E-state index in [0.29, 0.717) is 28.8 Å². The number of carbonyl (C=O) groups is 2. The van der Waals surface area contributed by atoms with Crippen molar-refractivity contribution in [3.05, 3.63) is 72.0 Å². The lowest BCUT2D eigenvalue weighted by atomic mass is 10.0. The molecular weight excluding hydrogens is 440 g/mol. The third-order valence-corrected chi connectivity index (χ3v) is 6.56. The molecule has 1 aliphatic carbocycles. The highest BCUT2D eigenvalue weighted by atomic mass is 32.2. The average Bonchev–Trinajstić information content (AvgIpc) is 3.33. The normalized spacial score (nSPS) is 18.1. The Morgan fingerprint density at radius 1 is 1.24 bits per heavy atom. The van der Waals surface area contributed by atoms with Crippen LogP contribution in [0.25, 0.3) is 11.3 Å². The molecule has 3 heterocycles. The van der Waals surface area contributed by atoms with E-state index in [1.54, 1.807) is 19.1 Å². The fourth-order valence-electron chi connectivity index (χ4n) is 3.95. The Kier molecular flexibility index (Phi) is 5.95. The molecule has 2 aliphatic rings. The highest BCUT2D eigenvalue weighted by Gasteiger charge is 2.36. The summed E-state index contributed by atoms with van der Waals surface area (Å²) in [4.78, 5) is 29.9. The zero-order valence-corrected chi connectivity index (χ0v) is 18.9. The van der Waals surface area contributed by atoms with Crippen molar-refractivity contribution < 1.29 is 18.7 Å². The molecule has 1 unspecified atom stereocenters. The van der Waals surface area contributed by atoms with Gasteiger partial charge in [-0.05, 0) is 37.5 Å². The number of amides is 2. The Hall–Kier alpha value is -3.46. The van der Waals surface area contributed by atoms with Crippen LogP contribution < -0.4 is 10.6 Å². The maximum atomic E-state index is 12.9. The number of nitrogens with zero attached hydrogens (tertiary/aromatic N) is 2. The molecule has 1 fully saturated rings. The summed E-state index contributed by atoms with van der Waals surface area (Å²) in [7, 11) is 0. The molecule has 9 heteroatoms. The minimum absolute atomic E-state index is 0.230. The SMILES string of the molecule is CCOC(=O)C1=C(CSc2ncc(-c3ccccc3)n2C2CC2)NC(=O)NC1c1ccco1. The van der Waals surface area contributed by atoms with Gasteiger partial charge in [-0.2, -0.15) is 0 Å². The highest BCUT2D eigenvalue weighted by molar-refractivity contribution is 7.99. The van der Waals surface area contributed by atoms with E-state index in [4.69, 9.17) is 9.15 Å². The quantitative estimate of drug-likeness (QED) is 0.378. The minimum Gasteiger partial charge on any atom is -0.467 e. The molecule has 33 heavy (non-hydrogen) atoms. The number of benzene rings is 1. The zero-order valence-electron chi connectivity index (χ0n) is 18.1. The molecular formula is C24H24N4O4S. The average molecular weight is 465 g/mol. The van der Waals surface area contributed by atoms with Crippen LogP contribution in [0, 0.1) is 0 Å². The molecule has 8 nitrogen and oxygen atoms in total. The molecule has 1 atom stereocenters. The van der Waals surface area contributed by atoms with Crippen molar-refractivity contribution in [2.24, 2.45) is 0 Å². The van der Waals surface area contributed by atoms with Crippen LogP contribution in [0.4, 0.5) is 4.79 Å². The summed E-state index contributed by atoms with van der Waals surface area (Å²) in [5, 5.41) is 6.42. The number of thioether (sulfide) groups is 1. The molecule has 1 aliphatic heterocycles. The summed E-state index contributed by atoms with van der Waals surface area (Å²) in [6, 6.07) is 12.9. The van der Waals surface area contributed by atoms with Gasteiger partial charge in [-0.15, -0.1) is 0 Å². The number of rotatable bonds is 8. The lowest BCUT2D eigenvalue weighted by Crippen LogP contribution is -2.46. The standard InChI is InChI=1S/C24H24N4O4S/c1-2-31-22(29)20-17(26-23(30)27-21(20)19-9-6-12-32-19)14-33-24-25-13-18(28(24)16-10-11-16)15-7-4-3-5-8-15/h3-9,12-13,16,21H,2,10-11,14H2,1H3,(H2,26,27,30). The van der Waals surface area contributed by atoms with Crippen LogP contribution in [-0.2, 0) is 9.53 Å². The molecule has 0 spiro atoms. The van der Waals surface area contributed by atoms with E-state index in [0.717, 1.165) is 29.3 Å².